The maximum absolute atomic E-state index is 4.32. The van der Waals surface area contributed by atoms with E-state index in [2.05, 4.69) is 27.4 Å². The molecule has 0 aromatic carbocycles. The topological polar surface area (TPSA) is 55.6 Å². The van der Waals surface area contributed by atoms with Crippen molar-refractivity contribution >= 4 is 11.3 Å². The minimum atomic E-state index is 0.302. The van der Waals surface area contributed by atoms with Gasteiger partial charge in [0.15, 0.2) is 0 Å². The molecule has 2 heterocycles. The molecule has 1 unspecified atom stereocenters. The van der Waals surface area contributed by atoms with Gasteiger partial charge in [-0.15, -0.1) is 21.5 Å². The summed E-state index contributed by atoms with van der Waals surface area (Å²) in [6.45, 7) is 2.87. The second-order valence-corrected chi connectivity index (χ2v) is 4.50. The highest BCUT2D eigenvalue weighted by molar-refractivity contribution is 7.09. The molecule has 0 saturated carbocycles. The largest absolute Gasteiger partial charge is 0.320 e. The van der Waals surface area contributed by atoms with Crippen LogP contribution in [0, 0.1) is 0 Å². The zero-order valence-electron chi connectivity index (χ0n) is 9.42. The van der Waals surface area contributed by atoms with Crippen molar-refractivity contribution in [1.29, 1.82) is 0 Å². The molecule has 1 N–H and O–H groups in total. The average Bonchev–Trinajstić information content (AvgIpc) is 2.92. The van der Waals surface area contributed by atoms with Crippen LogP contribution < -0.4 is 5.32 Å². The quantitative estimate of drug-likeness (QED) is 0.856. The van der Waals surface area contributed by atoms with Crippen molar-refractivity contribution in [2.75, 3.05) is 0 Å². The first-order chi connectivity index (χ1) is 7.81. The van der Waals surface area contributed by atoms with E-state index in [1.807, 2.05) is 23.2 Å². The van der Waals surface area contributed by atoms with Gasteiger partial charge in [0.25, 0.3) is 0 Å². The summed E-state index contributed by atoms with van der Waals surface area (Å²) in [4.78, 5) is 4.32. The van der Waals surface area contributed by atoms with Gasteiger partial charge in [-0.3, -0.25) is 0 Å². The molecule has 0 aliphatic rings. The molecule has 86 valence electrons. The zero-order chi connectivity index (χ0) is 11.4. The predicted molar refractivity (Wildman–Crippen MR) is 63.0 cm³/mol. The van der Waals surface area contributed by atoms with Crippen LogP contribution in [0.5, 0.6) is 0 Å². The summed E-state index contributed by atoms with van der Waals surface area (Å²) in [6, 6.07) is 0.302. The van der Waals surface area contributed by atoms with Gasteiger partial charge in [-0.1, -0.05) is 6.92 Å². The van der Waals surface area contributed by atoms with Crippen LogP contribution in [-0.4, -0.2) is 19.7 Å². The molecule has 0 saturated heterocycles. The molecule has 0 bridgehead atoms. The third-order valence-electron chi connectivity index (χ3n) is 2.47. The second kappa shape index (κ2) is 5.18. The minimum Gasteiger partial charge on any atom is -0.320 e. The number of rotatable bonds is 5. The van der Waals surface area contributed by atoms with Crippen LogP contribution in [0.25, 0.3) is 0 Å². The molecule has 0 aliphatic heterocycles. The summed E-state index contributed by atoms with van der Waals surface area (Å²) in [6.07, 6.45) is 4.57. The molecule has 2 aromatic heterocycles. The fourth-order valence-electron chi connectivity index (χ4n) is 1.49. The molecule has 0 fully saturated rings. The highest BCUT2D eigenvalue weighted by Gasteiger charge is 2.12. The van der Waals surface area contributed by atoms with E-state index in [4.69, 9.17) is 0 Å². The van der Waals surface area contributed by atoms with Crippen LogP contribution in [0.1, 0.15) is 30.2 Å². The summed E-state index contributed by atoms with van der Waals surface area (Å²) in [5.74, 6) is 0.940. The predicted octanol–water partition coefficient (Wildman–Crippen LogP) is 1.51. The minimum absolute atomic E-state index is 0.302. The van der Waals surface area contributed by atoms with Gasteiger partial charge in [0, 0.05) is 18.6 Å². The molecular weight excluding hydrogens is 222 g/mol. The first-order valence-corrected chi connectivity index (χ1v) is 6.15. The Hall–Kier alpha value is -1.27. The van der Waals surface area contributed by atoms with E-state index in [9.17, 15) is 0 Å². The van der Waals surface area contributed by atoms with Gasteiger partial charge < -0.3 is 9.88 Å². The van der Waals surface area contributed by atoms with E-state index in [0.717, 1.165) is 17.3 Å². The molecular formula is C10H15N5S. The first kappa shape index (κ1) is 11.2. The number of thiazole rings is 1. The number of aryl methyl sites for hydroxylation is 1. The Bertz CT molecular complexity index is 422. The summed E-state index contributed by atoms with van der Waals surface area (Å²) in [7, 11) is 1.95. The summed E-state index contributed by atoms with van der Waals surface area (Å²) in [5.41, 5.74) is 0. The molecule has 2 aromatic rings. The van der Waals surface area contributed by atoms with Crippen LogP contribution >= 0.6 is 11.3 Å². The van der Waals surface area contributed by atoms with E-state index < -0.39 is 0 Å². The Morgan fingerprint density at radius 3 is 3.00 bits per heavy atom. The van der Waals surface area contributed by atoms with Crippen molar-refractivity contribution < 1.29 is 0 Å². The molecule has 6 heteroatoms. The third kappa shape index (κ3) is 2.45. The Labute approximate surface area is 98.5 Å². The average molecular weight is 237 g/mol. The van der Waals surface area contributed by atoms with Gasteiger partial charge >= 0.3 is 0 Å². The van der Waals surface area contributed by atoms with Crippen molar-refractivity contribution in [3.63, 3.8) is 0 Å². The maximum Gasteiger partial charge on any atom is 0.146 e. The highest BCUT2D eigenvalue weighted by atomic mass is 32.1. The van der Waals surface area contributed by atoms with E-state index in [-0.39, 0.29) is 0 Å². The smallest absolute Gasteiger partial charge is 0.146 e. The van der Waals surface area contributed by atoms with Crippen molar-refractivity contribution in [3.8, 4) is 0 Å². The standard InChI is InChI=1S/C10H15N5S/c1-3-8(10-11-4-5-16-10)12-6-9-14-13-7-15(9)2/h4-5,7-8,12H,3,6H2,1-2H3. The fourth-order valence-corrected chi connectivity index (χ4v) is 2.29. The third-order valence-corrected chi connectivity index (χ3v) is 3.36. The molecule has 1 atom stereocenters. The Morgan fingerprint density at radius 1 is 1.56 bits per heavy atom. The number of nitrogens with zero attached hydrogens (tertiary/aromatic N) is 4. The first-order valence-electron chi connectivity index (χ1n) is 5.27. The van der Waals surface area contributed by atoms with Gasteiger partial charge in [0.2, 0.25) is 0 Å². The Morgan fingerprint density at radius 2 is 2.44 bits per heavy atom. The van der Waals surface area contributed by atoms with Crippen LogP contribution in [-0.2, 0) is 13.6 Å². The molecule has 16 heavy (non-hydrogen) atoms. The lowest BCUT2D eigenvalue weighted by molar-refractivity contribution is 0.499. The lowest BCUT2D eigenvalue weighted by atomic mass is 10.2. The molecule has 0 spiro atoms. The van der Waals surface area contributed by atoms with Gasteiger partial charge in [0.05, 0.1) is 12.6 Å². The highest BCUT2D eigenvalue weighted by Crippen LogP contribution is 2.18. The molecule has 0 radical (unpaired) electrons. The van der Waals surface area contributed by atoms with Crippen LogP contribution in [0.4, 0.5) is 0 Å². The van der Waals surface area contributed by atoms with Crippen molar-refractivity contribution in [3.05, 3.63) is 28.7 Å². The van der Waals surface area contributed by atoms with Gasteiger partial charge in [-0.25, -0.2) is 4.98 Å². The van der Waals surface area contributed by atoms with Crippen LogP contribution in [0.2, 0.25) is 0 Å². The summed E-state index contributed by atoms with van der Waals surface area (Å²) >= 11 is 1.68. The fraction of sp³-hybridized carbons (Fsp3) is 0.500. The van der Waals surface area contributed by atoms with Crippen molar-refractivity contribution in [2.45, 2.75) is 25.9 Å². The monoisotopic (exact) mass is 237 g/mol. The molecule has 0 amide bonds. The summed E-state index contributed by atoms with van der Waals surface area (Å²) < 4.78 is 1.92. The lowest BCUT2D eigenvalue weighted by Crippen LogP contribution is -2.21. The number of hydrogen-bond acceptors (Lipinski definition) is 5. The number of hydrogen-bond donors (Lipinski definition) is 1. The van der Waals surface area contributed by atoms with E-state index >= 15 is 0 Å². The normalized spacial score (nSPS) is 12.9. The van der Waals surface area contributed by atoms with Crippen LogP contribution in [0.3, 0.4) is 0 Å². The second-order valence-electron chi connectivity index (χ2n) is 3.57. The molecule has 5 nitrogen and oxygen atoms in total. The number of aromatic nitrogens is 4. The van der Waals surface area contributed by atoms with Gasteiger partial charge in [0.1, 0.15) is 17.2 Å². The van der Waals surface area contributed by atoms with Gasteiger partial charge in [-0.2, -0.15) is 0 Å². The molecule has 2 rings (SSSR count). The van der Waals surface area contributed by atoms with E-state index in [0.29, 0.717) is 12.6 Å². The SMILES string of the molecule is CCC(NCc1nncn1C)c1nccs1. The maximum atomic E-state index is 4.32. The zero-order valence-corrected chi connectivity index (χ0v) is 10.2. The number of nitrogens with one attached hydrogen (secondary N) is 1. The summed E-state index contributed by atoms with van der Waals surface area (Å²) in [5, 5.41) is 14.5. The van der Waals surface area contributed by atoms with Crippen molar-refractivity contribution in [1.82, 2.24) is 25.1 Å². The Kier molecular flexibility index (Phi) is 3.63. The van der Waals surface area contributed by atoms with Crippen LogP contribution in [0.15, 0.2) is 17.9 Å². The lowest BCUT2D eigenvalue weighted by Gasteiger charge is -2.13. The Balaban J connectivity index is 1.96. The van der Waals surface area contributed by atoms with E-state index in [1.165, 1.54) is 0 Å². The van der Waals surface area contributed by atoms with Crippen molar-refractivity contribution in [2.24, 2.45) is 7.05 Å². The molecule has 0 aliphatic carbocycles. The van der Waals surface area contributed by atoms with E-state index in [1.54, 1.807) is 17.7 Å². The van der Waals surface area contributed by atoms with Gasteiger partial charge in [-0.05, 0) is 6.42 Å².